The van der Waals surface area contributed by atoms with Crippen molar-refractivity contribution in [2.75, 3.05) is 19.5 Å². The molecule has 0 fully saturated rings. The average molecular weight is 245 g/mol. The minimum absolute atomic E-state index is 0.827. The highest BCUT2D eigenvalue weighted by Gasteiger charge is 2.10. The van der Waals surface area contributed by atoms with Crippen LogP contribution >= 0.6 is 15.9 Å². The largest absolute Gasteiger partial charge is 0.495 e. The third-order valence-corrected chi connectivity index (χ3v) is 2.53. The summed E-state index contributed by atoms with van der Waals surface area (Å²) in [6.07, 6.45) is 2.64. The van der Waals surface area contributed by atoms with Crippen LogP contribution in [-0.4, -0.2) is 19.1 Å². The molecule has 3 nitrogen and oxygen atoms in total. The first-order valence-electron chi connectivity index (χ1n) is 4.13. The van der Waals surface area contributed by atoms with E-state index in [0.717, 1.165) is 28.0 Å². The molecule has 1 aromatic heterocycles. The molecule has 0 bridgehead atoms. The summed E-state index contributed by atoms with van der Waals surface area (Å²) >= 11 is 3.38. The van der Waals surface area contributed by atoms with Crippen LogP contribution in [0.3, 0.4) is 0 Å². The molecule has 0 aliphatic heterocycles. The van der Waals surface area contributed by atoms with Gasteiger partial charge in [0.1, 0.15) is 10.4 Å². The Bertz CT molecular complexity index is 302. The second-order valence-electron chi connectivity index (χ2n) is 2.57. The molecular weight excluding hydrogens is 232 g/mol. The molecular formula is C9H13BrN2O. The van der Waals surface area contributed by atoms with Gasteiger partial charge in [-0.25, -0.2) is 4.98 Å². The number of aromatic nitrogens is 1. The summed E-state index contributed by atoms with van der Waals surface area (Å²) in [6, 6.07) is 0. The van der Waals surface area contributed by atoms with Gasteiger partial charge >= 0.3 is 0 Å². The highest BCUT2D eigenvalue weighted by Crippen LogP contribution is 2.31. The number of rotatable bonds is 3. The third kappa shape index (κ3) is 1.94. The van der Waals surface area contributed by atoms with Gasteiger partial charge in [0.2, 0.25) is 0 Å². The van der Waals surface area contributed by atoms with E-state index in [2.05, 4.69) is 33.2 Å². The maximum absolute atomic E-state index is 5.21. The van der Waals surface area contributed by atoms with Crippen LogP contribution in [0.1, 0.15) is 12.5 Å². The Morgan fingerprint density at radius 1 is 1.62 bits per heavy atom. The number of anilines is 1. The molecule has 0 saturated carbocycles. The standard InChI is InChI=1S/C9H13BrN2O/c1-4-6-7(13-3)5-12-9(10)8(6)11-2/h5,11H,4H2,1-3H3. The third-order valence-electron chi connectivity index (χ3n) is 1.92. The Kier molecular flexibility index (Phi) is 3.54. The van der Waals surface area contributed by atoms with Gasteiger partial charge in [-0.15, -0.1) is 0 Å². The Morgan fingerprint density at radius 2 is 2.31 bits per heavy atom. The minimum Gasteiger partial charge on any atom is -0.495 e. The zero-order valence-corrected chi connectivity index (χ0v) is 9.60. The van der Waals surface area contributed by atoms with Crippen LogP contribution in [0.5, 0.6) is 5.75 Å². The molecule has 13 heavy (non-hydrogen) atoms. The van der Waals surface area contributed by atoms with Gasteiger partial charge in [0.15, 0.2) is 0 Å². The lowest BCUT2D eigenvalue weighted by Gasteiger charge is -2.12. The molecule has 72 valence electrons. The number of nitrogens with one attached hydrogen (secondary N) is 1. The van der Waals surface area contributed by atoms with Gasteiger partial charge in [0.05, 0.1) is 19.0 Å². The van der Waals surface area contributed by atoms with E-state index in [4.69, 9.17) is 4.74 Å². The molecule has 0 saturated heterocycles. The fourth-order valence-electron chi connectivity index (χ4n) is 1.29. The van der Waals surface area contributed by atoms with Crippen molar-refractivity contribution < 1.29 is 4.74 Å². The fraction of sp³-hybridized carbons (Fsp3) is 0.444. The Morgan fingerprint density at radius 3 is 2.77 bits per heavy atom. The van der Waals surface area contributed by atoms with Gasteiger partial charge in [-0.2, -0.15) is 0 Å². The molecule has 0 unspecified atom stereocenters. The number of nitrogens with zero attached hydrogens (tertiary/aromatic N) is 1. The zero-order chi connectivity index (χ0) is 9.84. The van der Waals surface area contributed by atoms with Crippen LogP contribution < -0.4 is 10.1 Å². The molecule has 1 rings (SSSR count). The second kappa shape index (κ2) is 4.46. The van der Waals surface area contributed by atoms with Gasteiger partial charge in [0, 0.05) is 12.6 Å². The topological polar surface area (TPSA) is 34.1 Å². The van der Waals surface area contributed by atoms with Crippen molar-refractivity contribution in [3.8, 4) is 5.75 Å². The summed E-state index contributed by atoms with van der Waals surface area (Å²) in [6.45, 7) is 2.09. The van der Waals surface area contributed by atoms with Crippen molar-refractivity contribution in [2.24, 2.45) is 0 Å². The molecule has 1 aromatic rings. The number of methoxy groups -OCH3 is 1. The van der Waals surface area contributed by atoms with E-state index in [0.29, 0.717) is 0 Å². The summed E-state index contributed by atoms with van der Waals surface area (Å²) in [4.78, 5) is 4.16. The van der Waals surface area contributed by atoms with Crippen molar-refractivity contribution in [3.05, 3.63) is 16.4 Å². The van der Waals surface area contributed by atoms with Crippen LogP contribution in [0.4, 0.5) is 5.69 Å². The molecule has 4 heteroatoms. The van der Waals surface area contributed by atoms with E-state index in [1.807, 2.05) is 7.05 Å². The monoisotopic (exact) mass is 244 g/mol. The Labute approximate surface area is 86.6 Å². The van der Waals surface area contributed by atoms with E-state index >= 15 is 0 Å². The van der Waals surface area contributed by atoms with Crippen LogP contribution in [0.2, 0.25) is 0 Å². The number of hydrogen-bond donors (Lipinski definition) is 1. The van der Waals surface area contributed by atoms with E-state index < -0.39 is 0 Å². The molecule has 0 aliphatic rings. The predicted octanol–water partition coefficient (Wildman–Crippen LogP) is 2.46. The first-order chi connectivity index (χ1) is 6.24. The lowest BCUT2D eigenvalue weighted by atomic mass is 10.1. The van der Waals surface area contributed by atoms with Gasteiger partial charge < -0.3 is 10.1 Å². The van der Waals surface area contributed by atoms with Gasteiger partial charge in [0.25, 0.3) is 0 Å². The lowest BCUT2D eigenvalue weighted by molar-refractivity contribution is 0.408. The molecule has 0 aliphatic carbocycles. The van der Waals surface area contributed by atoms with Crippen molar-refractivity contribution in [1.82, 2.24) is 4.98 Å². The summed E-state index contributed by atoms with van der Waals surface area (Å²) in [5.74, 6) is 0.829. The number of halogens is 1. The minimum atomic E-state index is 0.827. The van der Waals surface area contributed by atoms with Crippen molar-refractivity contribution in [1.29, 1.82) is 0 Å². The Hall–Kier alpha value is -0.770. The maximum atomic E-state index is 5.21. The van der Waals surface area contributed by atoms with Gasteiger partial charge in [-0.3, -0.25) is 0 Å². The van der Waals surface area contributed by atoms with Gasteiger partial charge in [-0.1, -0.05) is 6.92 Å². The summed E-state index contributed by atoms with van der Waals surface area (Å²) in [5, 5.41) is 3.10. The molecule has 0 radical (unpaired) electrons. The van der Waals surface area contributed by atoms with Crippen LogP contribution in [0, 0.1) is 0 Å². The van der Waals surface area contributed by atoms with Crippen molar-refractivity contribution in [2.45, 2.75) is 13.3 Å². The van der Waals surface area contributed by atoms with E-state index in [9.17, 15) is 0 Å². The van der Waals surface area contributed by atoms with Crippen LogP contribution in [-0.2, 0) is 6.42 Å². The quantitative estimate of drug-likeness (QED) is 0.830. The van der Waals surface area contributed by atoms with Crippen molar-refractivity contribution in [3.63, 3.8) is 0 Å². The maximum Gasteiger partial charge on any atom is 0.142 e. The second-order valence-corrected chi connectivity index (χ2v) is 3.33. The summed E-state index contributed by atoms with van der Waals surface area (Å²) < 4.78 is 6.04. The van der Waals surface area contributed by atoms with Crippen LogP contribution in [0.25, 0.3) is 0 Å². The number of ether oxygens (including phenoxy) is 1. The molecule has 1 N–H and O–H groups in total. The number of pyridine rings is 1. The van der Waals surface area contributed by atoms with Crippen molar-refractivity contribution >= 4 is 21.6 Å². The van der Waals surface area contributed by atoms with E-state index in [-0.39, 0.29) is 0 Å². The van der Waals surface area contributed by atoms with Crippen LogP contribution in [0.15, 0.2) is 10.8 Å². The smallest absolute Gasteiger partial charge is 0.142 e. The highest BCUT2D eigenvalue weighted by atomic mass is 79.9. The lowest BCUT2D eigenvalue weighted by Crippen LogP contribution is -2.00. The molecule has 0 spiro atoms. The summed E-state index contributed by atoms with van der Waals surface area (Å²) in [7, 11) is 3.53. The molecule has 0 amide bonds. The molecule has 0 atom stereocenters. The van der Waals surface area contributed by atoms with E-state index in [1.54, 1.807) is 13.3 Å². The highest BCUT2D eigenvalue weighted by molar-refractivity contribution is 9.10. The number of hydrogen-bond acceptors (Lipinski definition) is 3. The summed E-state index contributed by atoms with van der Waals surface area (Å²) in [5.41, 5.74) is 2.15. The SMILES string of the molecule is CCc1c(OC)cnc(Br)c1NC. The predicted molar refractivity (Wildman–Crippen MR) is 57.4 cm³/mol. The first-order valence-corrected chi connectivity index (χ1v) is 4.93. The first kappa shape index (κ1) is 10.3. The fourth-order valence-corrected chi connectivity index (χ4v) is 1.83. The Balaban J connectivity index is 3.27. The average Bonchev–Trinajstić information content (AvgIpc) is 2.17. The zero-order valence-electron chi connectivity index (χ0n) is 8.02. The normalized spacial score (nSPS) is 9.85. The van der Waals surface area contributed by atoms with Gasteiger partial charge in [-0.05, 0) is 22.4 Å². The van der Waals surface area contributed by atoms with E-state index in [1.165, 1.54) is 0 Å². The molecule has 0 aromatic carbocycles. The molecule has 1 heterocycles.